The maximum atomic E-state index is 12.9. The van der Waals surface area contributed by atoms with Crippen molar-refractivity contribution in [3.05, 3.63) is 65.2 Å². The summed E-state index contributed by atoms with van der Waals surface area (Å²) >= 11 is 0. The predicted molar refractivity (Wildman–Crippen MR) is 117 cm³/mol. The summed E-state index contributed by atoms with van der Waals surface area (Å²) in [5.41, 5.74) is 1.65. The number of methoxy groups -OCH3 is 1. The van der Waals surface area contributed by atoms with Gasteiger partial charge in [0.25, 0.3) is 5.91 Å². The van der Waals surface area contributed by atoms with Gasteiger partial charge in [0.1, 0.15) is 0 Å². The Bertz CT molecular complexity index is 1010. The highest BCUT2D eigenvalue weighted by molar-refractivity contribution is 7.89. The van der Waals surface area contributed by atoms with E-state index in [4.69, 9.17) is 0 Å². The van der Waals surface area contributed by atoms with Gasteiger partial charge in [0, 0.05) is 25.2 Å². The maximum Gasteiger partial charge on any atom is 0.337 e. The molecule has 0 heterocycles. The first-order valence-corrected chi connectivity index (χ1v) is 11.8. The second-order valence-electron chi connectivity index (χ2n) is 7.71. The Morgan fingerprint density at radius 2 is 1.55 bits per heavy atom. The first kappa shape index (κ1) is 23.0. The molecule has 3 rings (SSSR count). The lowest BCUT2D eigenvalue weighted by Gasteiger charge is -2.30. The van der Waals surface area contributed by atoms with Crippen LogP contribution in [-0.2, 0) is 21.3 Å². The number of hydrogen-bond donors (Lipinski definition) is 1. The van der Waals surface area contributed by atoms with Crippen LogP contribution >= 0.6 is 0 Å². The van der Waals surface area contributed by atoms with Gasteiger partial charge in [-0.05, 0) is 54.8 Å². The number of nitrogens with one attached hydrogen (secondary N) is 1. The third kappa shape index (κ3) is 5.51. The first-order valence-electron chi connectivity index (χ1n) is 10.4. The van der Waals surface area contributed by atoms with Crippen molar-refractivity contribution >= 4 is 21.9 Å². The molecule has 0 saturated heterocycles. The predicted octanol–water partition coefficient (Wildman–Crippen LogP) is 3.36. The van der Waals surface area contributed by atoms with E-state index < -0.39 is 16.0 Å². The summed E-state index contributed by atoms with van der Waals surface area (Å²) in [6.07, 6.45) is 5.03. The molecule has 1 saturated carbocycles. The van der Waals surface area contributed by atoms with Crippen LogP contribution in [0.4, 0.5) is 0 Å². The Balaban J connectivity index is 1.61. The van der Waals surface area contributed by atoms with Gasteiger partial charge in [-0.2, -0.15) is 4.31 Å². The summed E-state index contributed by atoms with van der Waals surface area (Å²) in [6, 6.07) is 12.8. The number of hydrogen-bond acceptors (Lipinski definition) is 5. The standard InChI is InChI=1S/C23H28N2O5S/c1-25(20-6-4-3-5-7-20)31(28,29)21-14-12-18(13-15-21)22(26)24-16-17-8-10-19(11-9-17)23(27)30-2/h8-15,20H,3-7,16H2,1-2H3,(H,24,26). The molecule has 1 amide bonds. The molecule has 0 bridgehead atoms. The quantitative estimate of drug-likeness (QED) is 0.661. The number of carbonyl (C=O) groups excluding carboxylic acids is 2. The van der Waals surface area contributed by atoms with Crippen LogP contribution in [0.2, 0.25) is 0 Å². The van der Waals surface area contributed by atoms with Crippen molar-refractivity contribution in [2.24, 2.45) is 0 Å². The summed E-state index contributed by atoms with van der Waals surface area (Å²) in [6.45, 7) is 0.282. The molecular formula is C23H28N2O5S. The van der Waals surface area contributed by atoms with Crippen molar-refractivity contribution < 1.29 is 22.7 Å². The number of rotatable bonds is 7. The second kappa shape index (κ2) is 10.1. The molecule has 1 aliphatic rings. The first-order chi connectivity index (χ1) is 14.8. The van der Waals surface area contributed by atoms with Crippen LogP contribution in [0.5, 0.6) is 0 Å². The summed E-state index contributed by atoms with van der Waals surface area (Å²) in [5, 5.41) is 2.80. The van der Waals surface area contributed by atoms with Gasteiger partial charge in [-0.25, -0.2) is 13.2 Å². The normalized spacial score (nSPS) is 14.9. The molecule has 31 heavy (non-hydrogen) atoms. The number of carbonyl (C=O) groups is 2. The SMILES string of the molecule is COC(=O)c1ccc(CNC(=O)c2ccc(S(=O)(=O)N(C)C3CCCCC3)cc2)cc1. The number of nitrogens with zero attached hydrogens (tertiary/aromatic N) is 1. The minimum absolute atomic E-state index is 0.0345. The maximum absolute atomic E-state index is 12.9. The van der Waals surface area contributed by atoms with Gasteiger partial charge in [0.15, 0.2) is 0 Å². The van der Waals surface area contributed by atoms with Crippen molar-refractivity contribution in [3.63, 3.8) is 0 Å². The van der Waals surface area contributed by atoms with Gasteiger partial charge >= 0.3 is 5.97 Å². The molecule has 0 spiro atoms. The van der Waals surface area contributed by atoms with E-state index in [0.29, 0.717) is 11.1 Å². The average molecular weight is 445 g/mol. The van der Waals surface area contributed by atoms with Gasteiger partial charge in [0.2, 0.25) is 10.0 Å². The molecule has 1 N–H and O–H groups in total. The van der Waals surface area contributed by atoms with Crippen LogP contribution in [0.25, 0.3) is 0 Å². The monoisotopic (exact) mass is 444 g/mol. The van der Waals surface area contributed by atoms with E-state index >= 15 is 0 Å². The lowest BCUT2D eigenvalue weighted by molar-refractivity contribution is 0.0600. The van der Waals surface area contributed by atoms with E-state index in [9.17, 15) is 18.0 Å². The number of benzene rings is 2. The summed E-state index contributed by atoms with van der Waals surface area (Å²) < 4.78 is 32.0. The minimum atomic E-state index is -3.59. The summed E-state index contributed by atoms with van der Waals surface area (Å²) in [5.74, 6) is -0.721. The van der Waals surface area contributed by atoms with Crippen LogP contribution in [0, 0.1) is 0 Å². The third-order valence-electron chi connectivity index (χ3n) is 5.71. The van der Waals surface area contributed by atoms with Crippen molar-refractivity contribution in [3.8, 4) is 0 Å². The van der Waals surface area contributed by atoms with Gasteiger partial charge in [-0.1, -0.05) is 31.4 Å². The van der Waals surface area contributed by atoms with E-state index in [1.54, 1.807) is 31.3 Å². The zero-order chi connectivity index (χ0) is 22.4. The molecule has 0 aromatic heterocycles. The Morgan fingerprint density at radius 3 is 2.13 bits per heavy atom. The Kier molecular flexibility index (Phi) is 7.46. The largest absolute Gasteiger partial charge is 0.465 e. The highest BCUT2D eigenvalue weighted by Gasteiger charge is 2.29. The molecule has 8 heteroatoms. The van der Waals surface area contributed by atoms with E-state index in [0.717, 1.165) is 37.7 Å². The number of esters is 1. The molecule has 7 nitrogen and oxygen atoms in total. The lowest BCUT2D eigenvalue weighted by atomic mass is 9.96. The van der Waals surface area contributed by atoms with Gasteiger partial charge in [-0.3, -0.25) is 4.79 Å². The highest BCUT2D eigenvalue weighted by atomic mass is 32.2. The summed E-state index contributed by atoms with van der Waals surface area (Å²) in [4.78, 5) is 24.1. The van der Waals surface area contributed by atoms with Crippen molar-refractivity contribution in [1.82, 2.24) is 9.62 Å². The average Bonchev–Trinajstić information content (AvgIpc) is 2.82. The van der Waals surface area contributed by atoms with Crippen LogP contribution < -0.4 is 5.32 Å². The minimum Gasteiger partial charge on any atom is -0.465 e. The molecule has 0 unspecified atom stereocenters. The van der Waals surface area contributed by atoms with Gasteiger partial charge < -0.3 is 10.1 Å². The van der Waals surface area contributed by atoms with Crippen molar-refractivity contribution in [2.45, 2.75) is 49.6 Å². The van der Waals surface area contributed by atoms with Gasteiger partial charge in [0.05, 0.1) is 17.6 Å². The smallest absolute Gasteiger partial charge is 0.337 e. The van der Waals surface area contributed by atoms with E-state index in [1.807, 2.05) is 0 Å². The van der Waals surface area contributed by atoms with Crippen LogP contribution in [-0.4, -0.2) is 44.8 Å². The molecule has 1 fully saturated rings. The fourth-order valence-corrected chi connectivity index (χ4v) is 5.16. The Labute approximate surface area is 183 Å². The topological polar surface area (TPSA) is 92.8 Å². The van der Waals surface area contributed by atoms with Gasteiger partial charge in [-0.15, -0.1) is 0 Å². The zero-order valence-corrected chi connectivity index (χ0v) is 18.7. The molecule has 1 aliphatic carbocycles. The Hall–Kier alpha value is -2.71. The molecule has 2 aromatic rings. The number of sulfonamides is 1. The molecule has 0 aliphatic heterocycles. The van der Waals surface area contributed by atoms with Crippen LogP contribution in [0.15, 0.2) is 53.4 Å². The molecule has 2 aromatic carbocycles. The van der Waals surface area contributed by atoms with Crippen LogP contribution in [0.1, 0.15) is 58.4 Å². The lowest BCUT2D eigenvalue weighted by Crippen LogP contribution is -2.38. The fourth-order valence-electron chi connectivity index (χ4n) is 3.75. The van der Waals surface area contributed by atoms with Crippen LogP contribution in [0.3, 0.4) is 0 Å². The molecule has 0 atom stereocenters. The molecule has 0 radical (unpaired) electrons. The second-order valence-corrected chi connectivity index (χ2v) is 9.71. The Morgan fingerprint density at radius 1 is 0.968 bits per heavy atom. The third-order valence-corrected chi connectivity index (χ3v) is 7.63. The van der Waals surface area contributed by atoms with Crippen molar-refractivity contribution in [1.29, 1.82) is 0 Å². The fraction of sp³-hybridized carbons (Fsp3) is 0.391. The summed E-state index contributed by atoms with van der Waals surface area (Å²) in [7, 11) is -0.629. The van der Waals surface area contributed by atoms with E-state index in [2.05, 4.69) is 10.1 Å². The zero-order valence-electron chi connectivity index (χ0n) is 17.8. The number of ether oxygens (including phenoxy) is 1. The number of amides is 1. The highest BCUT2D eigenvalue weighted by Crippen LogP contribution is 2.26. The molecule has 166 valence electrons. The van der Waals surface area contributed by atoms with Crippen molar-refractivity contribution in [2.75, 3.05) is 14.2 Å². The molecular weight excluding hydrogens is 416 g/mol. The van der Waals surface area contributed by atoms with E-state index in [1.165, 1.54) is 35.7 Å². The van der Waals surface area contributed by atoms with E-state index in [-0.39, 0.29) is 23.4 Å².